The second kappa shape index (κ2) is 9.50. The highest BCUT2D eigenvalue weighted by Crippen LogP contribution is 2.22. The minimum absolute atomic E-state index is 0.328. The van der Waals surface area contributed by atoms with E-state index in [1.165, 1.54) is 12.5 Å². The zero-order valence-electron chi connectivity index (χ0n) is 13.2. The van der Waals surface area contributed by atoms with E-state index in [2.05, 4.69) is 40.1 Å². The first kappa shape index (κ1) is 18.6. The Hall–Kier alpha value is -0.396. The molecule has 0 aliphatic carbocycles. The van der Waals surface area contributed by atoms with Gasteiger partial charge in [-0.2, -0.15) is 0 Å². The van der Waals surface area contributed by atoms with Crippen molar-refractivity contribution < 1.29 is 13.6 Å². The molecule has 0 aliphatic rings. The maximum absolute atomic E-state index is 10.9. The van der Waals surface area contributed by atoms with Crippen LogP contribution in [0.25, 0.3) is 0 Å². The maximum atomic E-state index is 10.9. The fourth-order valence-electron chi connectivity index (χ4n) is 1.89. The minimum Gasteiger partial charge on any atom is -0.463 e. The number of esters is 1. The molecule has 0 heterocycles. The van der Waals surface area contributed by atoms with E-state index in [9.17, 15) is 4.79 Å². The molecule has 0 N–H and O–H groups in total. The smallest absolute Gasteiger partial charge is 0.330 e. The predicted octanol–water partition coefficient (Wildman–Crippen LogP) is 3.87. The van der Waals surface area contributed by atoms with Gasteiger partial charge in [0.2, 0.25) is 0 Å². The van der Waals surface area contributed by atoms with Crippen LogP contribution in [0.2, 0.25) is 31.2 Å². The average Bonchev–Trinajstić information content (AvgIpc) is 2.36. The van der Waals surface area contributed by atoms with E-state index in [1.54, 1.807) is 0 Å². The molecule has 0 amide bonds. The lowest BCUT2D eigenvalue weighted by Crippen LogP contribution is -2.38. The van der Waals surface area contributed by atoms with Gasteiger partial charge in [-0.1, -0.05) is 33.3 Å². The second-order valence-electron chi connectivity index (χ2n) is 5.80. The van der Waals surface area contributed by atoms with Gasteiger partial charge in [-0.15, -0.1) is 0 Å². The van der Waals surface area contributed by atoms with Gasteiger partial charge in [-0.3, -0.25) is 0 Å². The van der Waals surface area contributed by atoms with Gasteiger partial charge in [0.1, 0.15) is 0 Å². The third kappa shape index (κ3) is 9.18. The molecule has 0 fully saturated rings. The molecule has 112 valence electrons. The molecular formula is C14H30O3Si2. The summed E-state index contributed by atoms with van der Waals surface area (Å²) in [5.41, 5.74) is 0.750. The van der Waals surface area contributed by atoms with E-state index in [-0.39, 0.29) is 5.97 Å². The van der Waals surface area contributed by atoms with Gasteiger partial charge in [-0.05, 0) is 37.6 Å². The molecule has 0 aromatic carbocycles. The first-order chi connectivity index (χ1) is 8.82. The largest absolute Gasteiger partial charge is 0.463 e. The van der Waals surface area contributed by atoms with Crippen LogP contribution in [-0.2, 0) is 13.6 Å². The van der Waals surface area contributed by atoms with E-state index in [0.717, 1.165) is 24.4 Å². The summed E-state index contributed by atoms with van der Waals surface area (Å²) in [6.45, 7) is 15.3. The van der Waals surface area contributed by atoms with Crippen molar-refractivity contribution in [3.63, 3.8) is 0 Å². The molecule has 0 saturated heterocycles. The lowest BCUT2D eigenvalue weighted by atomic mass is 10.4. The Morgan fingerprint density at radius 1 is 1.42 bits per heavy atom. The van der Waals surface area contributed by atoms with Crippen molar-refractivity contribution in [3.05, 3.63) is 12.7 Å². The maximum Gasteiger partial charge on any atom is 0.330 e. The summed E-state index contributed by atoms with van der Waals surface area (Å²) in [4.78, 5) is 10.9. The first-order valence-corrected chi connectivity index (χ1v) is 12.7. The molecule has 0 aromatic heterocycles. The zero-order chi connectivity index (χ0) is 14.9. The average molecular weight is 303 g/mol. The van der Waals surface area contributed by atoms with E-state index in [1.807, 2.05) is 0 Å². The van der Waals surface area contributed by atoms with Gasteiger partial charge in [0, 0.05) is 6.08 Å². The summed E-state index contributed by atoms with van der Waals surface area (Å²) in [6, 6.07) is 1.15. The number of hydrogen-bond donors (Lipinski definition) is 0. The van der Waals surface area contributed by atoms with Crippen molar-refractivity contribution in [2.75, 3.05) is 6.61 Å². The molecule has 0 aromatic rings. The first-order valence-electron chi connectivity index (χ1n) is 7.29. The van der Waals surface area contributed by atoms with Crippen LogP contribution in [0, 0.1) is 0 Å². The highest BCUT2D eigenvalue weighted by atomic mass is 28.4. The van der Waals surface area contributed by atoms with Crippen LogP contribution < -0.4 is 0 Å². The topological polar surface area (TPSA) is 35.5 Å². The van der Waals surface area contributed by atoms with E-state index >= 15 is 0 Å². The van der Waals surface area contributed by atoms with E-state index in [0.29, 0.717) is 6.61 Å². The molecule has 0 rings (SSSR count). The van der Waals surface area contributed by atoms with Crippen molar-refractivity contribution in [1.82, 2.24) is 0 Å². The molecule has 5 heteroatoms. The van der Waals surface area contributed by atoms with Crippen molar-refractivity contribution >= 4 is 23.3 Å². The van der Waals surface area contributed by atoms with Gasteiger partial charge in [0.25, 0.3) is 0 Å². The molecule has 0 spiro atoms. The van der Waals surface area contributed by atoms with Gasteiger partial charge in [0.05, 0.1) is 6.61 Å². The number of rotatable bonds is 10. The van der Waals surface area contributed by atoms with Gasteiger partial charge in [-0.25, -0.2) is 4.79 Å². The van der Waals surface area contributed by atoms with Crippen LogP contribution in [0.1, 0.15) is 33.1 Å². The number of carbonyl (C=O) groups excluding carboxylic acids is 1. The SMILES string of the molecule is C=CC(=O)OCCCC[Si](C)(C)O[SiH](C)C(C)CC. The van der Waals surface area contributed by atoms with Crippen LogP contribution in [0.15, 0.2) is 12.7 Å². The van der Waals surface area contributed by atoms with Crippen LogP contribution >= 0.6 is 0 Å². The lowest BCUT2D eigenvalue weighted by molar-refractivity contribution is -0.137. The molecule has 2 unspecified atom stereocenters. The Balaban J connectivity index is 3.84. The molecule has 2 atom stereocenters. The number of ether oxygens (including phenoxy) is 1. The summed E-state index contributed by atoms with van der Waals surface area (Å²) < 4.78 is 11.4. The monoisotopic (exact) mass is 302 g/mol. The van der Waals surface area contributed by atoms with Crippen LogP contribution in [0.5, 0.6) is 0 Å². The third-order valence-electron chi connectivity index (χ3n) is 3.53. The molecule has 0 aliphatic heterocycles. The fourth-order valence-corrected chi connectivity index (χ4v) is 9.09. The summed E-state index contributed by atoms with van der Waals surface area (Å²) >= 11 is 0. The molecule has 3 nitrogen and oxygen atoms in total. The summed E-state index contributed by atoms with van der Waals surface area (Å²) in [7, 11) is -2.57. The Kier molecular flexibility index (Phi) is 9.30. The second-order valence-corrected chi connectivity index (χ2v) is 13.3. The van der Waals surface area contributed by atoms with Crippen molar-refractivity contribution in [2.45, 2.75) is 64.3 Å². The predicted molar refractivity (Wildman–Crippen MR) is 86.5 cm³/mol. The standard InChI is InChI=1S/C14H30O3Si2/c1-7-13(3)18(4)17-19(5,6)12-10-9-11-16-14(15)8-2/h8,13,18H,2,7,9-12H2,1,3-6H3. The van der Waals surface area contributed by atoms with E-state index in [4.69, 9.17) is 8.85 Å². The quantitative estimate of drug-likeness (QED) is 0.266. The molecule has 0 bridgehead atoms. The van der Waals surface area contributed by atoms with Crippen LogP contribution in [-0.4, -0.2) is 29.9 Å². The molecule has 0 radical (unpaired) electrons. The Bertz CT molecular complexity index is 280. The Labute approximate surface area is 121 Å². The normalized spacial score (nSPS) is 14.8. The van der Waals surface area contributed by atoms with Gasteiger partial charge in [0.15, 0.2) is 17.4 Å². The van der Waals surface area contributed by atoms with Crippen LogP contribution in [0.3, 0.4) is 0 Å². The Morgan fingerprint density at radius 2 is 2.05 bits per heavy atom. The lowest BCUT2D eigenvalue weighted by Gasteiger charge is -2.30. The Morgan fingerprint density at radius 3 is 2.58 bits per heavy atom. The van der Waals surface area contributed by atoms with Gasteiger partial charge < -0.3 is 8.85 Å². The third-order valence-corrected chi connectivity index (χ3v) is 11.2. The highest BCUT2D eigenvalue weighted by molar-refractivity contribution is 6.78. The van der Waals surface area contributed by atoms with Crippen LogP contribution in [0.4, 0.5) is 0 Å². The van der Waals surface area contributed by atoms with E-state index < -0.39 is 17.4 Å². The number of hydrogen-bond acceptors (Lipinski definition) is 3. The van der Waals surface area contributed by atoms with Gasteiger partial charge >= 0.3 is 5.97 Å². The van der Waals surface area contributed by atoms with Crippen molar-refractivity contribution in [3.8, 4) is 0 Å². The molecular weight excluding hydrogens is 272 g/mol. The number of unbranched alkanes of at least 4 members (excludes halogenated alkanes) is 1. The molecule has 0 saturated carbocycles. The molecule has 19 heavy (non-hydrogen) atoms. The van der Waals surface area contributed by atoms with Crippen molar-refractivity contribution in [2.24, 2.45) is 0 Å². The fraction of sp³-hybridized carbons (Fsp3) is 0.786. The van der Waals surface area contributed by atoms with Crippen molar-refractivity contribution in [1.29, 1.82) is 0 Å². The zero-order valence-corrected chi connectivity index (χ0v) is 15.4. The minimum atomic E-state index is -1.53. The highest BCUT2D eigenvalue weighted by Gasteiger charge is 2.26. The summed E-state index contributed by atoms with van der Waals surface area (Å²) in [6.07, 6.45) is 4.42. The summed E-state index contributed by atoms with van der Waals surface area (Å²) in [5.74, 6) is -0.328. The summed E-state index contributed by atoms with van der Waals surface area (Å²) in [5, 5.41) is 0. The number of carbonyl (C=O) groups is 1.